The lowest BCUT2D eigenvalue weighted by Gasteiger charge is -2.36. The summed E-state index contributed by atoms with van der Waals surface area (Å²) in [6, 6.07) is 0. The van der Waals surface area contributed by atoms with Gasteiger partial charge >= 0.3 is 0 Å². The maximum absolute atomic E-state index is 11.8. The molecule has 0 aromatic heterocycles. The van der Waals surface area contributed by atoms with E-state index in [2.05, 4.69) is 40.8 Å². The fourth-order valence-corrected chi connectivity index (χ4v) is 3.59. The van der Waals surface area contributed by atoms with E-state index in [-0.39, 0.29) is 5.41 Å². The summed E-state index contributed by atoms with van der Waals surface area (Å²) >= 11 is 0. The number of unbranched alkanes of at least 4 members (excludes halogenated alkanes) is 1. The Morgan fingerprint density at radius 3 is 2.37 bits per heavy atom. The molecule has 0 spiro atoms. The highest BCUT2D eigenvalue weighted by atomic mass is 28.4. The van der Waals surface area contributed by atoms with Gasteiger partial charge in [0.15, 0.2) is 8.32 Å². The smallest absolute Gasteiger partial charge is 0.191 e. The Kier molecular flexibility index (Phi) is 5.41. The molecule has 1 atom stereocenters. The minimum absolute atomic E-state index is 0.0169. The van der Waals surface area contributed by atoms with Crippen molar-refractivity contribution in [3.63, 3.8) is 0 Å². The molecule has 1 fully saturated rings. The van der Waals surface area contributed by atoms with Crippen LogP contribution in [0.2, 0.25) is 18.1 Å². The molecule has 0 aromatic rings. The van der Waals surface area contributed by atoms with Gasteiger partial charge in [-0.3, -0.25) is 4.79 Å². The average Bonchev–Trinajstić information content (AvgIpc) is 2.57. The predicted octanol–water partition coefficient (Wildman–Crippen LogP) is 4.94. The Labute approximate surface area is 120 Å². The number of ketones is 1. The topological polar surface area (TPSA) is 26.3 Å². The van der Waals surface area contributed by atoms with Crippen molar-refractivity contribution >= 4 is 14.1 Å². The van der Waals surface area contributed by atoms with Gasteiger partial charge in [0.2, 0.25) is 0 Å². The molecule has 1 aliphatic carbocycles. The monoisotopic (exact) mass is 284 g/mol. The molecular weight excluding hydrogens is 252 g/mol. The van der Waals surface area contributed by atoms with Crippen molar-refractivity contribution in [2.45, 2.75) is 84.4 Å². The SMILES string of the molecule is CC1(CCCCO[Si](C)(C)C(C)(C)C)CCCC1=O. The highest BCUT2D eigenvalue weighted by Crippen LogP contribution is 2.39. The Hall–Kier alpha value is -0.153. The van der Waals surface area contributed by atoms with Crippen molar-refractivity contribution in [1.82, 2.24) is 0 Å². The van der Waals surface area contributed by atoms with Crippen LogP contribution in [0.5, 0.6) is 0 Å². The molecule has 3 heteroatoms. The lowest BCUT2D eigenvalue weighted by molar-refractivity contribution is -0.125. The van der Waals surface area contributed by atoms with Crippen LogP contribution in [-0.4, -0.2) is 20.7 Å². The van der Waals surface area contributed by atoms with Gasteiger partial charge in [0.05, 0.1) is 0 Å². The zero-order valence-electron chi connectivity index (χ0n) is 13.8. The van der Waals surface area contributed by atoms with Crippen LogP contribution in [-0.2, 0) is 9.22 Å². The summed E-state index contributed by atoms with van der Waals surface area (Å²) in [5.41, 5.74) is -0.0169. The molecule has 1 saturated carbocycles. The van der Waals surface area contributed by atoms with Crippen molar-refractivity contribution in [3.8, 4) is 0 Å². The van der Waals surface area contributed by atoms with Gasteiger partial charge in [-0.05, 0) is 43.8 Å². The van der Waals surface area contributed by atoms with Crippen molar-refractivity contribution < 1.29 is 9.22 Å². The zero-order chi connectivity index (χ0) is 14.7. The maximum atomic E-state index is 11.8. The highest BCUT2D eigenvalue weighted by molar-refractivity contribution is 6.74. The molecule has 0 aromatic carbocycles. The fraction of sp³-hybridized carbons (Fsp3) is 0.938. The third kappa shape index (κ3) is 4.42. The second-order valence-corrected chi connectivity index (χ2v) is 12.7. The lowest BCUT2D eigenvalue weighted by atomic mass is 9.82. The Morgan fingerprint density at radius 2 is 1.89 bits per heavy atom. The summed E-state index contributed by atoms with van der Waals surface area (Å²) in [6.07, 6.45) is 6.25. The van der Waals surface area contributed by atoms with E-state index in [9.17, 15) is 4.79 Å². The molecule has 2 nitrogen and oxygen atoms in total. The Balaban J connectivity index is 2.24. The van der Waals surface area contributed by atoms with E-state index in [1.807, 2.05) is 0 Å². The summed E-state index contributed by atoms with van der Waals surface area (Å²) in [7, 11) is -1.59. The van der Waals surface area contributed by atoms with Crippen LogP contribution in [0.1, 0.15) is 66.2 Å². The first-order valence-electron chi connectivity index (χ1n) is 7.76. The molecule has 19 heavy (non-hydrogen) atoms. The number of rotatable bonds is 6. The van der Waals surface area contributed by atoms with Gasteiger partial charge in [-0.1, -0.05) is 34.1 Å². The Morgan fingerprint density at radius 1 is 1.26 bits per heavy atom. The van der Waals surface area contributed by atoms with Crippen LogP contribution in [0.3, 0.4) is 0 Å². The number of Topliss-reactive ketones (excluding diaryl/α,β-unsaturated/α-hetero) is 1. The highest BCUT2D eigenvalue weighted by Gasteiger charge is 2.38. The fourth-order valence-electron chi connectivity index (χ4n) is 2.51. The van der Waals surface area contributed by atoms with Gasteiger partial charge in [-0.2, -0.15) is 0 Å². The second-order valence-electron chi connectivity index (χ2n) is 7.90. The molecule has 1 aliphatic rings. The maximum Gasteiger partial charge on any atom is 0.191 e. The van der Waals surface area contributed by atoms with Crippen LogP contribution in [0.15, 0.2) is 0 Å². The van der Waals surface area contributed by atoms with E-state index in [4.69, 9.17) is 4.43 Å². The van der Waals surface area contributed by atoms with Crippen LogP contribution in [0.25, 0.3) is 0 Å². The van der Waals surface area contributed by atoms with E-state index in [1.165, 1.54) is 0 Å². The Bertz CT molecular complexity index is 317. The van der Waals surface area contributed by atoms with E-state index < -0.39 is 8.32 Å². The van der Waals surface area contributed by atoms with Crippen LogP contribution >= 0.6 is 0 Å². The van der Waals surface area contributed by atoms with Crippen molar-refractivity contribution in [3.05, 3.63) is 0 Å². The van der Waals surface area contributed by atoms with E-state index in [0.717, 1.165) is 45.1 Å². The molecule has 1 rings (SSSR count). The average molecular weight is 285 g/mol. The van der Waals surface area contributed by atoms with Gasteiger partial charge in [0.25, 0.3) is 0 Å². The number of carbonyl (C=O) groups excluding carboxylic acids is 1. The standard InChI is InChI=1S/C16H32O2Si/c1-15(2,3)19(5,6)18-13-8-7-11-16(4)12-9-10-14(16)17/h7-13H2,1-6H3. The van der Waals surface area contributed by atoms with Crippen LogP contribution in [0.4, 0.5) is 0 Å². The van der Waals surface area contributed by atoms with Crippen LogP contribution in [0, 0.1) is 5.41 Å². The van der Waals surface area contributed by atoms with Gasteiger partial charge in [-0.15, -0.1) is 0 Å². The van der Waals surface area contributed by atoms with Gasteiger partial charge in [-0.25, -0.2) is 0 Å². The molecule has 0 N–H and O–H groups in total. The molecular formula is C16H32O2Si. The normalized spacial score (nSPS) is 25.1. The summed E-state index contributed by atoms with van der Waals surface area (Å²) in [5, 5.41) is 0.292. The second kappa shape index (κ2) is 6.09. The molecule has 0 bridgehead atoms. The van der Waals surface area contributed by atoms with Gasteiger partial charge in [0.1, 0.15) is 5.78 Å². The minimum atomic E-state index is -1.59. The van der Waals surface area contributed by atoms with Gasteiger partial charge in [0, 0.05) is 18.4 Å². The summed E-state index contributed by atoms with van der Waals surface area (Å²) in [6.45, 7) is 14.4. The molecule has 0 heterocycles. The van der Waals surface area contributed by atoms with E-state index in [1.54, 1.807) is 0 Å². The van der Waals surface area contributed by atoms with Crippen molar-refractivity contribution in [2.24, 2.45) is 5.41 Å². The molecule has 0 amide bonds. The number of hydrogen-bond acceptors (Lipinski definition) is 2. The molecule has 1 unspecified atom stereocenters. The van der Waals surface area contributed by atoms with E-state index >= 15 is 0 Å². The summed E-state index contributed by atoms with van der Waals surface area (Å²) in [4.78, 5) is 11.8. The van der Waals surface area contributed by atoms with Crippen molar-refractivity contribution in [2.75, 3.05) is 6.61 Å². The molecule has 0 saturated heterocycles. The zero-order valence-corrected chi connectivity index (χ0v) is 14.8. The molecule has 0 aliphatic heterocycles. The molecule has 112 valence electrons. The van der Waals surface area contributed by atoms with Crippen LogP contribution < -0.4 is 0 Å². The minimum Gasteiger partial charge on any atom is -0.417 e. The first-order chi connectivity index (χ1) is 8.58. The van der Waals surface area contributed by atoms with Gasteiger partial charge < -0.3 is 4.43 Å². The summed E-state index contributed by atoms with van der Waals surface area (Å²) in [5.74, 6) is 0.484. The number of hydrogen-bond donors (Lipinski definition) is 0. The first kappa shape index (κ1) is 16.9. The summed E-state index contributed by atoms with van der Waals surface area (Å²) < 4.78 is 6.17. The lowest BCUT2D eigenvalue weighted by Crippen LogP contribution is -2.41. The number of carbonyl (C=O) groups is 1. The quantitative estimate of drug-likeness (QED) is 0.510. The third-order valence-corrected chi connectivity index (χ3v) is 9.74. The largest absolute Gasteiger partial charge is 0.417 e. The third-order valence-electron chi connectivity index (χ3n) is 5.20. The van der Waals surface area contributed by atoms with Crippen molar-refractivity contribution in [1.29, 1.82) is 0 Å². The predicted molar refractivity (Wildman–Crippen MR) is 84.0 cm³/mol. The first-order valence-corrected chi connectivity index (χ1v) is 10.7. The van der Waals surface area contributed by atoms with E-state index in [0.29, 0.717) is 10.8 Å². The molecule has 0 radical (unpaired) electrons.